The SMILES string of the molecule is c1ccc(-n2c3ccccc3c3ccc(-c4cccc(-c5ccc6oc7nc8ccccc8nc7c6c5)c4)cc32)cc1. The van der Waals surface area contributed by atoms with Gasteiger partial charge >= 0.3 is 0 Å². The highest BCUT2D eigenvalue weighted by Crippen LogP contribution is 2.37. The zero-order chi connectivity index (χ0) is 27.6. The van der Waals surface area contributed by atoms with Crippen LogP contribution in [0.5, 0.6) is 0 Å². The molecule has 0 atom stereocenters. The van der Waals surface area contributed by atoms with Crippen LogP contribution in [0.3, 0.4) is 0 Å². The van der Waals surface area contributed by atoms with Gasteiger partial charge in [0.15, 0.2) is 0 Å². The first-order valence-electron chi connectivity index (χ1n) is 14.1. The van der Waals surface area contributed by atoms with Crippen molar-refractivity contribution < 1.29 is 4.42 Å². The first kappa shape index (κ1) is 23.0. The Labute approximate surface area is 241 Å². The van der Waals surface area contributed by atoms with Crippen molar-refractivity contribution >= 4 is 55.0 Å². The number of aromatic nitrogens is 3. The molecule has 0 unspecified atom stereocenters. The summed E-state index contributed by atoms with van der Waals surface area (Å²) < 4.78 is 8.44. The lowest BCUT2D eigenvalue weighted by atomic mass is 9.97. The molecule has 4 nitrogen and oxygen atoms in total. The highest BCUT2D eigenvalue weighted by molar-refractivity contribution is 6.10. The third kappa shape index (κ3) is 3.49. The van der Waals surface area contributed by atoms with E-state index in [1.807, 2.05) is 30.3 Å². The van der Waals surface area contributed by atoms with E-state index in [4.69, 9.17) is 14.4 Å². The molecule has 0 fully saturated rings. The summed E-state index contributed by atoms with van der Waals surface area (Å²) >= 11 is 0. The molecule has 9 rings (SSSR count). The number of hydrogen-bond acceptors (Lipinski definition) is 3. The highest BCUT2D eigenvalue weighted by atomic mass is 16.3. The molecule has 9 aromatic rings. The van der Waals surface area contributed by atoms with Crippen molar-refractivity contribution in [2.75, 3.05) is 0 Å². The van der Waals surface area contributed by atoms with E-state index < -0.39 is 0 Å². The molecule has 0 bridgehead atoms. The zero-order valence-electron chi connectivity index (χ0n) is 22.5. The van der Waals surface area contributed by atoms with E-state index in [0.29, 0.717) is 5.71 Å². The first-order chi connectivity index (χ1) is 20.8. The molecule has 0 aliphatic rings. The maximum absolute atomic E-state index is 6.08. The molecule has 0 spiro atoms. The maximum atomic E-state index is 6.08. The number of fused-ring (bicyclic) bond motifs is 7. The number of nitrogens with zero attached hydrogens (tertiary/aromatic N) is 3. The minimum atomic E-state index is 0.566. The summed E-state index contributed by atoms with van der Waals surface area (Å²) in [7, 11) is 0. The predicted molar refractivity (Wildman–Crippen MR) is 172 cm³/mol. The van der Waals surface area contributed by atoms with E-state index in [1.54, 1.807) is 0 Å². The van der Waals surface area contributed by atoms with Gasteiger partial charge in [-0.15, -0.1) is 0 Å². The second-order valence-corrected chi connectivity index (χ2v) is 10.7. The number of benzene rings is 6. The van der Waals surface area contributed by atoms with Gasteiger partial charge in [0.2, 0.25) is 5.71 Å². The lowest BCUT2D eigenvalue weighted by Crippen LogP contribution is -1.93. The number of furan rings is 1. The Morgan fingerprint density at radius 1 is 0.452 bits per heavy atom. The van der Waals surface area contributed by atoms with Crippen LogP contribution in [-0.4, -0.2) is 14.5 Å². The minimum Gasteiger partial charge on any atom is -0.436 e. The van der Waals surface area contributed by atoms with Gasteiger partial charge in [-0.2, -0.15) is 0 Å². The summed E-state index contributed by atoms with van der Waals surface area (Å²) in [6, 6.07) is 49.0. The topological polar surface area (TPSA) is 43.9 Å². The van der Waals surface area contributed by atoms with Gasteiger partial charge in [-0.05, 0) is 76.9 Å². The molecule has 0 aliphatic carbocycles. The Hall–Kier alpha value is -5.74. The molecule has 196 valence electrons. The van der Waals surface area contributed by atoms with E-state index in [-0.39, 0.29) is 0 Å². The monoisotopic (exact) mass is 537 g/mol. The van der Waals surface area contributed by atoms with Crippen molar-refractivity contribution in [1.29, 1.82) is 0 Å². The third-order valence-corrected chi connectivity index (χ3v) is 8.20. The van der Waals surface area contributed by atoms with Crippen LogP contribution in [0.2, 0.25) is 0 Å². The summed E-state index contributed by atoms with van der Waals surface area (Å²) in [5.41, 5.74) is 12.0. The van der Waals surface area contributed by atoms with Crippen molar-refractivity contribution in [2.45, 2.75) is 0 Å². The number of hydrogen-bond donors (Lipinski definition) is 0. The van der Waals surface area contributed by atoms with Crippen LogP contribution in [0.4, 0.5) is 0 Å². The minimum absolute atomic E-state index is 0.566. The molecule has 42 heavy (non-hydrogen) atoms. The van der Waals surface area contributed by atoms with Crippen molar-refractivity contribution in [3.05, 3.63) is 140 Å². The van der Waals surface area contributed by atoms with Gasteiger partial charge in [0.05, 0.1) is 22.1 Å². The second kappa shape index (κ2) is 8.88. The Kier molecular flexibility index (Phi) is 4.87. The molecule has 0 amide bonds. The summed E-state index contributed by atoms with van der Waals surface area (Å²) in [5, 5.41) is 3.48. The molecule has 0 radical (unpaired) electrons. The van der Waals surface area contributed by atoms with Gasteiger partial charge < -0.3 is 8.98 Å². The van der Waals surface area contributed by atoms with Gasteiger partial charge in [-0.25, -0.2) is 9.97 Å². The van der Waals surface area contributed by atoms with Crippen LogP contribution < -0.4 is 0 Å². The normalized spacial score (nSPS) is 11.8. The van der Waals surface area contributed by atoms with Gasteiger partial charge in [0.25, 0.3) is 0 Å². The summed E-state index contributed by atoms with van der Waals surface area (Å²) in [5.74, 6) is 0. The third-order valence-electron chi connectivity index (χ3n) is 8.20. The Morgan fingerprint density at radius 3 is 1.98 bits per heavy atom. The van der Waals surface area contributed by atoms with Crippen molar-refractivity contribution in [2.24, 2.45) is 0 Å². The quantitative estimate of drug-likeness (QED) is 0.225. The van der Waals surface area contributed by atoms with Gasteiger partial charge in [-0.1, -0.05) is 84.9 Å². The smallest absolute Gasteiger partial charge is 0.246 e. The average molecular weight is 538 g/mol. The Morgan fingerprint density at radius 2 is 1.12 bits per heavy atom. The van der Waals surface area contributed by atoms with Gasteiger partial charge in [-0.3, -0.25) is 0 Å². The summed E-state index contributed by atoms with van der Waals surface area (Å²) in [6.45, 7) is 0. The van der Waals surface area contributed by atoms with E-state index in [1.165, 1.54) is 32.9 Å². The largest absolute Gasteiger partial charge is 0.436 e. The molecule has 0 saturated heterocycles. The molecular weight excluding hydrogens is 514 g/mol. The van der Waals surface area contributed by atoms with Crippen LogP contribution in [0.1, 0.15) is 0 Å². The molecule has 4 heteroatoms. The predicted octanol–water partition coefficient (Wildman–Crippen LogP) is 9.96. The van der Waals surface area contributed by atoms with Crippen LogP contribution in [0.15, 0.2) is 144 Å². The van der Waals surface area contributed by atoms with E-state index in [9.17, 15) is 0 Å². The lowest BCUT2D eigenvalue weighted by Gasteiger charge is -2.10. The standard InChI is InChI=1S/C38H23N3O/c1-2-11-28(12-3-1)41-34-16-7-4-13-29(34)30-19-17-27(23-35(30)41)25-10-8-9-24(21-25)26-18-20-36-31(22-26)37-38(42-36)40-33-15-6-5-14-32(33)39-37/h1-23H. The summed E-state index contributed by atoms with van der Waals surface area (Å²) in [4.78, 5) is 9.60. The molecule has 0 saturated carbocycles. The van der Waals surface area contributed by atoms with Crippen LogP contribution in [0, 0.1) is 0 Å². The maximum Gasteiger partial charge on any atom is 0.246 e. The zero-order valence-corrected chi connectivity index (χ0v) is 22.5. The average Bonchev–Trinajstić information content (AvgIpc) is 3.58. The Balaban J connectivity index is 1.19. The molecule has 0 aliphatic heterocycles. The van der Waals surface area contributed by atoms with Crippen LogP contribution in [0.25, 0.3) is 83.0 Å². The van der Waals surface area contributed by atoms with Gasteiger partial charge in [0.1, 0.15) is 11.1 Å². The molecule has 3 heterocycles. The summed E-state index contributed by atoms with van der Waals surface area (Å²) in [6.07, 6.45) is 0. The van der Waals surface area contributed by atoms with Crippen LogP contribution >= 0.6 is 0 Å². The fourth-order valence-corrected chi connectivity index (χ4v) is 6.20. The van der Waals surface area contributed by atoms with Crippen LogP contribution in [-0.2, 0) is 0 Å². The van der Waals surface area contributed by atoms with E-state index in [2.05, 4.69) is 114 Å². The second-order valence-electron chi connectivity index (χ2n) is 10.7. The highest BCUT2D eigenvalue weighted by Gasteiger charge is 2.15. The van der Waals surface area contributed by atoms with Crippen molar-refractivity contribution in [3.63, 3.8) is 0 Å². The molecular formula is C38H23N3O. The van der Waals surface area contributed by atoms with E-state index in [0.717, 1.165) is 44.3 Å². The molecule has 6 aromatic carbocycles. The molecule has 3 aromatic heterocycles. The number of rotatable bonds is 3. The van der Waals surface area contributed by atoms with E-state index >= 15 is 0 Å². The molecule has 0 N–H and O–H groups in total. The lowest BCUT2D eigenvalue weighted by molar-refractivity contribution is 0.655. The number of para-hydroxylation sites is 4. The van der Waals surface area contributed by atoms with Crippen molar-refractivity contribution in [1.82, 2.24) is 14.5 Å². The fourth-order valence-electron chi connectivity index (χ4n) is 6.20. The van der Waals surface area contributed by atoms with Gasteiger partial charge in [0, 0.05) is 21.8 Å². The Bertz CT molecular complexity index is 2470. The van der Waals surface area contributed by atoms with Crippen molar-refractivity contribution in [3.8, 4) is 27.9 Å². The fraction of sp³-hybridized carbons (Fsp3) is 0. The first-order valence-corrected chi connectivity index (χ1v) is 14.1.